The van der Waals surface area contributed by atoms with Crippen molar-refractivity contribution in [3.8, 4) is 0 Å². The lowest BCUT2D eigenvalue weighted by Gasteiger charge is -2.59. The zero-order chi connectivity index (χ0) is 21.0. The summed E-state index contributed by atoms with van der Waals surface area (Å²) in [4.78, 5) is 0. The smallest absolute Gasteiger partial charge is 0.0603 e. The van der Waals surface area contributed by atoms with Crippen LogP contribution in [0.15, 0.2) is 11.6 Å². The summed E-state index contributed by atoms with van der Waals surface area (Å²) in [7, 11) is 0. The van der Waals surface area contributed by atoms with Crippen molar-refractivity contribution in [1.82, 2.24) is 0 Å². The van der Waals surface area contributed by atoms with Gasteiger partial charge >= 0.3 is 0 Å². The van der Waals surface area contributed by atoms with Gasteiger partial charge in [0.25, 0.3) is 0 Å². The van der Waals surface area contributed by atoms with Crippen LogP contribution in [0.3, 0.4) is 0 Å². The fourth-order valence-electron chi connectivity index (χ4n) is 9.08. The standard InChI is InChI=1S/C28H48O/c1-18(2)8-7-9-19(3)22-12-13-24-21-10-11-23-20(4)26(29)15-17-28(23,6)25(21)14-16-27(22,24)5/h11,18-22,24-26,29H,7-10,12-17H2,1-6H3/t19?,20?,21-,22+,24-,25-,26-,27+,28-/m0/s1. The summed E-state index contributed by atoms with van der Waals surface area (Å²) < 4.78 is 0. The van der Waals surface area contributed by atoms with E-state index in [-0.39, 0.29) is 6.10 Å². The van der Waals surface area contributed by atoms with Crippen LogP contribution in [0.25, 0.3) is 0 Å². The van der Waals surface area contributed by atoms with Crippen molar-refractivity contribution >= 4 is 0 Å². The minimum absolute atomic E-state index is 0.109. The van der Waals surface area contributed by atoms with Crippen LogP contribution in [0.4, 0.5) is 0 Å². The van der Waals surface area contributed by atoms with Crippen molar-refractivity contribution in [2.24, 2.45) is 52.3 Å². The summed E-state index contributed by atoms with van der Waals surface area (Å²) in [6.45, 7) is 14.9. The molecule has 3 saturated carbocycles. The van der Waals surface area contributed by atoms with E-state index in [1.165, 1.54) is 57.8 Å². The highest BCUT2D eigenvalue weighted by Crippen LogP contribution is 2.67. The van der Waals surface area contributed by atoms with Crippen LogP contribution in [0.5, 0.6) is 0 Å². The van der Waals surface area contributed by atoms with Gasteiger partial charge in [0.15, 0.2) is 0 Å². The van der Waals surface area contributed by atoms with Crippen molar-refractivity contribution in [2.75, 3.05) is 0 Å². The molecule has 0 bridgehead atoms. The minimum atomic E-state index is -0.109. The summed E-state index contributed by atoms with van der Waals surface area (Å²) in [5.41, 5.74) is 2.57. The Bertz CT molecular complexity index is 620. The van der Waals surface area contributed by atoms with E-state index in [1.807, 2.05) is 0 Å². The Morgan fingerprint density at radius 3 is 2.48 bits per heavy atom. The molecule has 3 fully saturated rings. The second-order valence-electron chi connectivity index (χ2n) is 12.6. The van der Waals surface area contributed by atoms with E-state index in [1.54, 1.807) is 5.57 Å². The lowest BCUT2D eigenvalue weighted by Crippen LogP contribution is -2.52. The molecule has 9 atom stereocenters. The summed E-state index contributed by atoms with van der Waals surface area (Å²) in [6.07, 6.45) is 16.1. The summed E-state index contributed by atoms with van der Waals surface area (Å²) in [6, 6.07) is 0. The van der Waals surface area contributed by atoms with Crippen molar-refractivity contribution in [3.05, 3.63) is 11.6 Å². The first-order chi connectivity index (χ1) is 13.7. The van der Waals surface area contributed by atoms with E-state index >= 15 is 0 Å². The lowest BCUT2D eigenvalue weighted by molar-refractivity contribution is -0.0644. The molecule has 0 aromatic rings. The van der Waals surface area contributed by atoms with Crippen LogP contribution in [-0.4, -0.2) is 11.2 Å². The van der Waals surface area contributed by atoms with Crippen LogP contribution in [0.1, 0.15) is 106 Å². The SMILES string of the molecule is CC(C)CCCC(C)[C@H]1CC[C@H]2[C@@H]3CC=C4C(C)[C@@H](O)CC[C@]4(C)[C@H]3CC[C@]12C. The Kier molecular flexibility index (Phi) is 6.04. The fraction of sp³-hybridized carbons (Fsp3) is 0.929. The molecule has 1 heteroatoms. The molecule has 1 N–H and O–H groups in total. The summed E-state index contributed by atoms with van der Waals surface area (Å²) in [5.74, 6) is 5.78. The number of hydrogen-bond acceptors (Lipinski definition) is 1. The minimum Gasteiger partial charge on any atom is -0.393 e. The second-order valence-corrected chi connectivity index (χ2v) is 12.6. The van der Waals surface area contributed by atoms with E-state index in [9.17, 15) is 5.11 Å². The number of rotatable bonds is 5. The van der Waals surface area contributed by atoms with Crippen molar-refractivity contribution in [2.45, 2.75) is 112 Å². The van der Waals surface area contributed by atoms with Crippen molar-refractivity contribution < 1.29 is 5.11 Å². The molecule has 0 aromatic heterocycles. The number of hydrogen-bond donors (Lipinski definition) is 1. The number of aliphatic hydroxyl groups excluding tert-OH is 1. The molecule has 0 aromatic carbocycles. The lowest BCUT2D eigenvalue weighted by atomic mass is 9.46. The van der Waals surface area contributed by atoms with Gasteiger partial charge in [-0.25, -0.2) is 0 Å². The maximum Gasteiger partial charge on any atom is 0.0603 e. The van der Waals surface area contributed by atoms with Crippen LogP contribution >= 0.6 is 0 Å². The molecule has 0 radical (unpaired) electrons. The van der Waals surface area contributed by atoms with Crippen LogP contribution < -0.4 is 0 Å². The molecule has 0 spiro atoms. The molecule has 0 heterocycles. The highest BCUT2D eigenvalue weighted by molar-refractivity contribution is 5.27. The molecule has 0 amide bonds. The highest BCUT2D eigenvalue weighted by Gasteiger charge is 2.59. The van der Waals surface area contributed by atoms with Gasteiger partial charge in [-0.1, -0.05) is 72.5 Å². The molecule has 0 aliphatic heterocycles. The van der Waals surface area contributed by atoms with Crippen molar-refractivity contribution in [3.63, 3.8) is 0 Å². The van der Waals surface area contributed by atoms with E-state index in [0.717, 1.165) is 41.9 Å². The number of aliphatic hydroxyl groups is 1. The van der Waals surface area contributed by atoms with Crippen LogP contribution in [0, 0.1) is 52.3 Å². The van der Waals surface area contributed by atoms with E-state index < -0.39 is 0 Å². The second kappa shape index (κ2) is 7.99. The normalized spacial score (nSPS) is 47.9. The third-order valence-corrected chi connectivity index (χ3v) is 10.8. The first kappa shape index (κ1) is 21.9. The molecule has 4 rings (SSSR count). The van der Waals surface area contributed by atoms with E-state index in [4.69, 9.17) is 0 Å². The molecule has 166 valence electrons. The molecule has 2 unspecified atom stereocenters. The zero-order valence-corrected chi connectivity index (χ0v) is 20.2. The van der Waals surface area contributed by atoms with Crippen LogP contribution in [-0.2, 0) is 0 Å². The highest BCUT2D eigenvalue weighted by atomic mass is 16.3. The molecule has 4 aliphatic carbocycles. The largest absolute Gasteiger partial charge is 0.393 e. The fourth-order valence-corrected chi connectivity index (χ4v) is 9.08. The maximum absolute atomic E-state index is 10.5. The Labute approximate surface area is 181 Å². The molecular formula is C28H48O. The van der Waals surface area contributed by atoms with Gasteiger partial charge in [0.05, 0.1) is 6.10 Å². The zero-order valence-electron chi connectivity index (χ0n) is 20.2. The maximum atomic E-state index is 10.5. The Balaban J connectivity index is 1.51. The van der Waals surface area contributed by atoms with Crippen LogP contribution in [0.2, 0.25) is 0 Å². The third-order valence-electron chi connectivity index (χ3n) is 10.8. The molecule has 4 aliphatic rings. The van der Waals surface area contributed by atoms with E-state index in [2.05, 4.69) is 47.6 Å². The van der Waals surface area contributed by atoms with Gasteiger partial charge in [0, 0.05) is 5.92 Å². The Morgan fingerprint density at radius 2 is 1.76 bits per heavy atom. The molecular weight excluding hydrogens is 352 g/mol. The predicted octanol–water partition coefficient (Wildman–Crippen LogP) is 7.63. The molecule has 1 nitrogen and oxygen atoms in total. The first-order valence-corrected chi connectivity index (χ1v) is 13.1. The predicted molar refractivity (Wildman–Crippen MR) is 124 cm³/mol. The molecule has 0 saturated heterocycles. The third kappa shape index (κ3) is 3.56. The van der Waals surface area contributed by atoms with Gasteiger partial charge in [0.1, 0.15) is 0 Å². The van der Waals surface area contributed by atoms with Crippen molar-refractivity contribution in [1.29, 1.82) is 0 Å². The summed E-state index contributed by atoms with van der Waals surface area (Å²) >= 11 is 0. The Morgan fingerprint density at radius 1 is 1.00 bits per heavy atom. The van der Waals surface area contributed by atoms with Gasteiger partial charge in [-0.05, 0) is 91.3 Å². The van der Waals surface area contributed by atoms with E-state index in [0.29, 0.717) is 16.7 Å². The Hall–Kier alpha value is -0.300. The monoisotopic (exact) mass is 400 g/mol. The topological polar surface area (TPSA) is 20.2 Å². The number of allylic oxidation sites excluding steroid dienone is 1. The van der Waals surface area contributed by atoms with Gasteiger partial charge in [-0.3, -0.25) is 0 Å². The van der Waals surface area contributed by atoms with Gasteiger partial charge in [-0.2, -0.15) is 0 Å². The van der Waals surface area contributed by atoms with Gasteiger partial charge in [0.2, 0.25) is 0 Å². The van der Waals surface area contributed by atoms with Gasteiger partial charge < -0.3 is 5.11 Å². The average Bonchev–Trinajstić information content (AvgIpc) is 3.02. The summed E-state index contributed by atoms with van der Waals surface area (Å²) in [5, 5.41) is 10.5. The number of fused-ring (bicyclic) bond motifs is 5. The first-order valence-electron chi connectivity index (χ1n) is 13.1. The average molecular weight is 401 g/mol. The quantitative estimate of drug-likeness (QED) is 0.470. The molecule has 29 heavy (non-hydrogen) atoms. The van der Waals surface area contributed by atoms with Gasteiger partial charge in [-0.15, -0.1) is 0 Å².